The fourth-order valence-electron chi connectivity index (χ4n) is 1.78. The molecule has 0 aliphatic heterocycles. The van der Waals surface area contributed by atoms with Gasteiger partial charge in [-0.2, -0.15) is 5.10 Å². The van der Waals surface area contributed by atoms with Crippen molar-refractivity contribution < 1.29 is 0 Å². The molecule has 0 atom stereocenters. The smallest absolute Gasteiger partial charge is 0.0640 e. The zero-order chi connectivity index (χ0) is 11.4. The Morgan fingerprint density at radius 3 is 2.47 bits per heavy atom. The van der Waals surface area contributed by atoms with E-state index in [1.807, 2.05) is 0 Å². The summed E-state index contributed by atoms with van der Waals surface area (Å²) in [5.74, 6) is 0.671. The van der Waals surface area contributed by atoms with Crippen molar-refractivity contribution in [2.75, 3.05) is 6.54 Å². The molecule has 1 heterocycles. The molecule has 0 aliphatic carbocycles. The molecule has 0 bridgehead atoms. The van der Waals surface area contributed by atoms with Crippen LogP contribution in [0.1, 0.15) is 45.1 Å². The van der Waals surface area contributed by atoms with E-state index in [1.165, 1.54) is 5.69 Å². The molecule has 0 saturated heterocycles. The zero-order valence-corrected chi connectivity index (χ0v) is 10.3. The van der Waals surface area contributed by atoms with Crippen LogP contribution in [0.25, 0.3) is 0 Å². The third-order valence-corrected chi connectivity index (χ3v) is 2.37. The third-order valence-electron chi connectivity index (χ3n) is 2.37. The summed E-state index contributed by atoms with van der Waals surface area (Å²) >= 11 is 0. The average Bonchev–Trinajstić information content (AvgIpc) is 2.47. The number of nitrogens with two attached hydrogens (primary N) is 1. The Balaban J connectivity index is 2.90. The van der Waals surface area contributed by atoms with Crippen LogP contribution in [-0.2, 0) is 12.8 Å². The SMILES string of the molecule is CC(C)Cc1cc(CCN)nn1C(C)C. The van der Waals surface area contributed by atoms with E-state index in [0.717, 1.165) is 18.5 Å². The maximum Gasteiger partial charge on any atom is 0.0640 e. The Morgan fingerprint density at radius 2 is 2.00 bits per heavy atom. The van der Waals surface area contributed by atoms with Gasteiger partial charge in [0.1, 0.15) is 0 Å². The minimum atomic E-state index is 0.435. The molecule has 0 spiro atoms. The van der Waals surface area contributed by atoms with Gasteiger partial charge in [0.05, 0.1) is 5.69 Å². The van der Waals surface area contributed by atoms with Crippen LogP contribution in [0, 0.1) is 5.92 Å². The van der Waals surface area contributed by atoms with E-state index in [4.69, 9.17) is 5.73 Å². The van der Waals surface area contributed by atoms with Gasteiger partial charge in [0.25, 0.3) is 0 Å². The van der Waals surface area contributed by atoms with Gasteiger partial charge >= 0.3 is 0 Å². The Hall–Kier alpha value is -0.830. The minimum absolute atomic E-state index is 0.435. The van der Waals surface area contributed by atoms with Crippen LogP contribution in [0.15, 0.2) is 6.07 Å². The van der Waals surface area contributed by atoms with Gasteiger partial charge in [0.15, 0.2) is 0 Å². The first kappa shape index (κ1) is 12.2. The van der Waals surface area contributed by atoms with Crippen LogP contribution in [-0.4, -0.2) is 16.3 Å². The summed E-state index contributed by atoms with van der Waals surface area (Å²) in [4.78, 5) is 0. The van der Waals surface area contributed by atoms with Gasteiger partial charge in [0, 0.05) is 18.2 Å². The molecule has 86 valence electrons. The highest BCUT2D eigenvalue weighted by molar-refractivity contribution is 5.12. The maximum atomic E-state index is 5.55. The van der Waals surface area contributed by atoms with Gasteiger partial charge in [-0.05, 0) is 38.8 Å². The Bertz CT molecular complexity index is 300. The van der Waals surface area contributed by atoms with Gasteiger partial charge in [-0.1, -0.05) is 13.8 Å². The van der Waals surface area contributed by atoms with Crippen molar-refractivity contribution in [1.29, 1.82) is 0 Å². The lowest BCUT2D eigenvalue weighted by Crippen LogP contribution is -2.10. The molecule has 1 aromatic rings. The molecule has 1 rings (SSSR count). The molecule has 1 aromatic heterocycles. The molecular formula is C12H23N3. The van der Waals surface area contributed by atoms with E-state index in [9.17, 15) is 0 Å². The lowest BCUT2D eigenvalue weighted by molar-refractivity contribution is 0.485. The quantitative estimate of drug-likeness (QED) is 0.807. The van der Waals surface area contributed by atoms with E-state index in [1.54, 1.807) is 0 Å². The lowest BCUT2D eigenvalue weighted by atomic mass is 10.1. The second-order valence-corrected chi connectivity index (χ2v) is 4.80. The van der Waals surface area contributed by atoms with Crippen LogP contribution in [0.5, 0.6) is 0 Å². The summed E-state index contributed by atoms with van der Waals surface area (Å²) in [7, 11) is 0. The molecule has 0 unspecified atom stereocenters. The van der Waals surface area contributed by atoms with Crippen molar-refractivity contribution in [2.45, 2.75) is 46.6 Å². The first-order valence-corrected chi connectivity index (χ1v) is 5.82. The predicted molar refractivity (Wildman–Crippen MR) is 63.9 cm³/mol. The van der Waals surface area contributed by atoms with Crippen LogP contribution in [0.2, 0.25) is 0 Å². The first-order valence-electron chi connectivity index (χ1n) is 5.82. The summed E-state index contributed by atoms with van der Waals surface area (Å²) in [6.07, 6.45) is 1.97. The topological polar surface area (TPSA) is 43.8 Å². The summed E-state index contributed by atoms with van der Waals surface area (Å²) < 4.78 is 2.13. The van der Waals surface area contributed by atoms with Gasteiger partial charge in [-0.3, -0.25) is 4.68 Å². The molecule has 15 heavy (non-hydrogen) atoms. The van der Waals surface area contributed by atoms with Crippen molar-refractivity contribution in [3.63, 3.8) is 0 Å². The average molecular weight is 209 g/mol. The van der Waals surface area contributed by atoms with E-state index >= 15 is 0 Å². The van der Waals surface area contributed by atoms with Crippen molar-refractivity contribution in [3.8, 4) is 0 Å². The Kier molecular flexibility index (Phi) is 4.33. The summed E-state index contributed by atoms with van der Waals surface area (Å²) in [6.45, 7) is 9.49. The summed E-state index contributed by atoms with van der Waals surface area (Å²) in [5, 5.41) is 4.59. The fraction of sp³-hybridized carbons (Fsp3) is 0.750. The summed E-state index contributed by atoms with van der Waals surface area (Å²) in [5.41, 5.74) is 8.01. The van der Waals surface area contributed by atoms with Crippen molar-refractivity contribution >= 4 is 0 Å². The Labute approximate surface area is 92.7 Å². The Morgan fingerprint density at radius 1 is 1.33 bits per heavy atom. The lowest BCUT2D eigenvalue weighted by Gasteiger charge is -2.12. The van der Waals surface area contributed by atoms with Gasteiger partial charge in [-0.25, -0.2) is 0 Å². The first-order chi connectivity index (χ1) is 7.04. The molecule has 0 amide bonds. The van der Waals surface area contributed by atoms with Crippen molar-refractivity contribution in [1.82, 2.24) is 9.78 Å². The van der Waals surface area contributed by atoms with E-state index < -0.39 is 0 Å². The van der Waals surface area contributed by atoms with Crippen LogP contribution in [0.3, 0.4) is 0 Å². The van der Waals surface area contributed by atoms with Gasteiger partial charge in [0.2, 0.25) is 0 Å². The molecule has 0 aromatic carbocycles. The van der Waals surface area contributed by atoms with E-state index in [2.05, 4.69) is 43.5 Å². The standard InChI is InChI=1S/C12H23N3/c1-9(2)7-12-8-11(5-6-13)14-15(12)10(3)4/h8-10H,5-7,13H2,1-4H3. The normalized spacial score (nSPS) is 11.7. The van der Waals surface area contributed by atoms with Gasteiger partial charge in [-0.15, -0.1) is 0 Å². The second-order valence-electron chi connectivity index (χ2n) is 4.80. The number of hydrogen-bond acceptors (Lipinski definition) is 2. The monoisotopic (exact) mass is 209 g/mol. The molecule has 3 heteroatoms. The van der Waals surface area contributed by atoms with Crippen molar-refractivity contribution in [2.24, 2.45) is 11.7 Å². The second kappa shape index (κ2) is 5.31. The number of rotatable bonds is 5. The largest absolute Gasteiger partial charge is 0.330 e. The van der Waals surface area contributed by atoms with Crippen molar-refractivity contribution in [3.05, 3.63) is 17.5 Å². The van der Waals surface area contributed by atoms with E-state index in [0.29, 0.717) is 18.5 Å². The third kappa shape index (κ3) is 3.34. The van der Waals surface area contributed by atoms with Crippen LogP contribution in [0.4, 0.5) is 0 Å². The predicted octanol–water partition coefficient (Wildman–Crippen LogP) is 2.16. The number of nitrogens with zero attached hydrogens (tertiary/aromatic N) is 2. The number of hydrogen-bond donors (Lipinski definition) is 1. The highest BCUT2D eigenvalue weighted by atomic mass is 15.3. The molecule has 0 saturated carbocycles. The molecule has 2 N–H and O–H groups in total. The minimum Gasteiger partial charge on any atom is -0.330 e. The molecular weight excluding hydrogens is 186 g/mol. The number of aromatic nitrogens is 2. The molecule has 3 nitrogen and oxygen atoms in total. The molecule has 0 aliphatic rings. The fourth-order valence-corrected chi connectivity index (χ4v) is 1.78. The van der Waals surface area contributed by atoms with Gasteiger partial charge < -0.3 is 5.73 Å². The molecule has 0 fully saturated rings. The van der Waals surface area contributed by atoms with E-state index in [-0.39, 0.29) is 0 Å². The summed E-state index contributed by atoms with van der Waals surface area (Å²) in [6, 6.07) is 2.64. The highest BCUT2D eigenvalue weighted by Crippen LogP contribution is 2.15. The molecule has 0 radical (unpaired) electrons. The van der Waals surface area contributed by atoms with Crippen LogP contribution < -0.4 is 5.73 Å². The zero-order valence-electron chi connectivity index (χ0n) is 10.3. The van der Waals surface area contributed by atoms with Crippen LogP contribution >= 0.6 is 0 Å². The maximum absolute atomic E-state index is 5.55. The highest BCUT2D eigenvalue weighted by Gasteiger charge is 2.11.